The van der Waals surface area contributed by atoms with Crippen molar-refractivity contribution in [2.24, 2.45) is 0 Å². The summed E-state index contributed by atoms with van der Waals surface area (Å²) in [6.45, 7) is 4.12. The number of hydrogen-bond donors (Lipinski definition) is 4. The molecule has 0 aromatic rings. The minimum Gasteiger partial charge on any atom is -0.394 e. The second kappa shape index (κ2) is 38.6. The number of aliphatic hydroxyl groups excluding tert-OH is 3. The van der Waals surface area contributed by atoms with E-state index in [1.54, 1.807) is 6.08 Å². The van der Waals surface area contributed by atoms with Crippen molar-refractivity contribution in [2.75, 3.05) is 6.61 Å². The molecular weight excluding hydrogens is 594 g/mol. The largest absolute Gasteiger partial charge is 0.394 e. The van der Waals surface area contributed by atoms with Crippen LogP contribution < -0.4 is 5.32 Å². The molecule has 3 unspecified atom stereocenters. The molecule has 0 bridgehead atoms. The van der Waals surface area contributed by atoms with Crippen molar-refractivity contribution in [1.29, 1.82) is 0 Å². The Bertz CT molecular complexity index is 709. The predicted octanol–water partition coefficient (Wildman–Crippen LogP) is 11.8. The lowest BCUT2D eigenvalue weighted by atomic mass is 10.0. The molecule has 5 heteroatoms. The van der Waals surface area contributed by atoms with Crippen LogP contribution in [-0.4, -0.2) is 46.1 Å². The highest BCUT2D eigenvalue weighted by atomic mass is 16.3. The fraction of sp³-hybridized carbons (Fsp3) is 0.884. The fourth-order valence-electron chi connectivity index (χ4n) is 6.40. The van der Waals surface area contributed by atoms with Crippen LogP contribution in [0.15, 0.2) is 24.3 Å². The third-order valence-corrected chi connectivity index (χ3v) is 9.79. The van der Waals surface area contributed by atoms with E-state index in [2.05, 4.69) is 31.3 Å². The molecule has 0 saturated heterocycles. The Hall–Kier alpha value is -1.17. The zero-order chi connectivity index (χ0) is 35.2. The maximum absolute atomic E-state index is 12.4. The summed E-state index contributed by atoms with van der Waals surface area (Å²) in [5.74, 6) is -0.518. The Kier molecular flexibility index (Phi) is 37.7. The number of nitrogens with one attached hydrogen (secondary N) is 1. The summed E-state index contributed by atoms with van der Waals surface area (Å²) in [6, 6.07) is -0.800. The van der Waals surface area contributed by atoms with Gasteiger partial charge in [0.15, 0.2) is 0 Å². The number of amides is 1. The van der Waals surface area contributed by atoms with Crippen LogP contribution in [0.3, 0.4) is 0 Å². The van der Waals surface area contributed by atoms with Crippen LogP contribution >= 0.6 is 0 Å². The van der Waals surface area contributed by atoms with E-state index in [4.69, 9.17) is 0 Å². The molecule has 48 heavy (non-hydrogen) atoms. The van der Waals surface area contributed by atoms with Crippen molar-refractivity contribution in [1.82, 2.24) is 5.32 Å². The molecule has 0 radical (unpaired) electrons. The number of unbranched alkanes of at least 4 members (excludes halogenated alkanes) is 28. The van der Waals surface area contributed by atoms with E-state index in [0.29, 0.717) is 6.42 Å². The molecule has 0 spiro atoms. The molecule has 0 aliphatic rings. The second-order valence-electron chi connectivity index (χ2n) is 14.6. The number of allylic oxidation sites excluding steroid dienone is 3. The molecule has 0 heterocycles. The highest BCUT2D eigenvalue weighted by molar-refractivity contribution is 5.80. The molecule has 0 aromatic carbocycles. The standard InChI is InChI=1S/C43H83NO4/c1-3-5-7-9-11-13-14-15-16-17-18-19-20-21-22-23-24-25-26-27-28-30-31-33-35-37-41(46)40(39-45)44-43(48)42(47)38-36-34-32-29-12-10-8-6-4-2/h10,12,35,37,40-42,45-47H,3-9,11,13-34,36,38-39H2,1-2H3,(H,44,48)/b12-10-,37-35+. The summed E-state index contributed by atoms with van der Waals surface area (Å²) < 4.78 is 0. The van der Waals surface area contributed by atoms with Crippen molar-refractivity contribution < 1.29 is 20.1 Å². The minimum atomic E-state index is -1.11. The van der Waals surface area contributed by atoms with E-state index in [9.17, 15) is 20.1 Å². The Morgan fingerprint density at radius 2 is 0.854 bits per heavy atom. The number of carbonyl (C=O) groups is 1. The van der Waals surface area contributed by atoms with E-state index in [-0.39, 0.29) is 6.61 Å². The molecule has 0 aliphatic carbocycles. The first kappa shape index (κ1) is 46.8. The Morgan fingerprint density at radius 1 is 0.500 bits per heavy atom. The summed E-state index contributed by atoms with van der Waals surface area (Å²) in [5.41, 5.74) is 0. The number of carbonyl (C=O) groups excluding carboxylic acids is 1. The van der Waals surface area contributed by atoms with E-state index >= 15 is 0 Å². The summed E-state index contributed by atoms with van der Waals surface area (Å²) in [7, 11) is 0. The summed E-state index contributed by atoms with van der Waals surface area (Å²) >= 11 is 0. The fourth-order valence-corrected chi connectivity index (χ4v) is 6.40. The molecule has 4 N–H and O–H groups in total. The first-order valence-corrected chi connectivity index (χ1v) is 21.2. The van der Waals surface area contributed by atoms with Gasteiger partial charge in [-0.1, -0.05) is 205 Å². The van der Waals surface area contributed by atoms with Gasteiger partial charge in [-0.05, 0) is 38.5 Å². The van der Waals surface area contributed by atoms with Gasteiger partial charge in [-0.15, -0.1) is 0 Å². The van der Waals surface area contributed by atoms with Crippen LogP contribution in [0.1, 0.15) is 219 Å². The lowest BCUT2D eigenvalue weighted by Crippen LogP contribution is -2.48. The zero-order valence-corrected chi connectivity index (χ0v) is 32.1. The van der Waals surface area contributed by atoms with Crippen LogP contribution in [0.25, 0.3) is 0 Å². The molecule has 3 atom stereocenters. The molecule has 5 nitrogen and oxygen atoms in total. The quantitative estimate of drug-likeness (QED) is 0.0387. The van der Waals surface area contributed by atoms with E-state index in [1.807, 2.05) is 6.08 Å². The van der Waals surface area contributed by atoms with Crippen molar-refractivity contribution in [2.45, 2.75) is 238 Å². The van der Waals surface area contributed by atoms with Crippen molar-refractivity contribution in [3.8, 4) is 0 Å². The van der Waals surface area contributed by atoms with Crippen LogP contribution in [0, 0.1) is 0 Å². The first-order chi connectivity index (χ1) is 23.6. The average Bonchev–Trinajstić information content (AvgIpc) is 3.09. The maximum Gasteiger partial charge on any atom is 0.249 e. The maximum atomic E-state index is 12.4. The van der Waals surface area contributed by atoms with E-state index < -0.39 is 24.2 Å². The van der Waals surface area contributed by atoms with Crippen LogP contribution in [0.5, 0.6) is 0 Å². The lowest BCUT2D eigenvalue weighted by molar-refractivity contribution is -0.131. The van der Waals surface area contributed by atoms with Gasteiger partial charge in [-0.25, -0.2) is 0 Å². The van der Waals surface area contributed by atoms with Gasteiger partial charge < -0.3 is 20.6 Å². The van der Waals surface area contributed by atoms with Crippen LogP contribution in [0.4, 0.5) is 0 Å². The summed E-state index contributed by atoms with van der Waals surface area (Å²) in [5, 5.41) is 32.9. The smallest absolute Gasteiger partial charge is 0.249 e. The topological polar surface area (TPSA) is 89.8 Å². The van der Waals surface area contributed by atoms with Gasteiger partial charge in [0, 0.05) is 0 Å². The molecule has 0 aliphatic heterocycles. The van der Waals surface area contributed by atoms with Gasteiger partial charge in [-0.3, -0.25) is 4.79 Å². The molecule has 0 fully saturated rings. The molecule has 0 aromatic heterocycles. The average molecular weight is 678 g/mol. The van der Waals surface area contributed by atoms with Crippen molar-refractivity contribution in [3.05, 3.63) is 24.3 Å². The summed E-state index contributed by atoms with van der Waals surface area (Å²) in [6.07, 6.45) is 46.6. The molecule has 1 amide bonds. The molecule has 284 valence electrons. The Labute approximate surface area is 299 Å². The van der Waals surface area contributed by atoms with Gasteiger partial charge in [0.05, 0.1) is 18.8 Å². The van der Waals surface area contributed by atoms with Gasteiger partial charge in [0.25, 0.3) is 0 Å². The number of rotatable bonds is 38. The van der Waals surface area contributed by atoms with Crippen molar-refractivity contribution in [3.63, 3.8) is 0 Å². The molecular formula is C43H83NO4. The van der Waals surface area contributed by atoms with Gasteiger partial charge >= 0.3 is 0 Å². The highest BCUT2D eigenvalue weighted by Gasteiger charge is 2.22. The highest BCUT2D eigenvalue weighted by Crippen LogP contribution is 2.16. The SMILES string of the molecule is CCCC/C=C\CCCCCC(O)C(=O)NC(CO)C(O)/C=C/CCCCCCCCCCCCCCCCCCCCCCCCC. The third kappa shape index (κ3) is 33.3. The van der Waals surface area contributed by atoms with E-state index in [1.165, 1.54) is 154 Å². The van der Waals surface area contributed by atoms with Gasteiger partial charge in [0.1, 0.15) is 6.10 Å². The lowest BCUT2D eigenvalue weighted by Gasteiger charge is -2.21. The van der Waals surface area contributed by atoms with Crippen molar-refractivity contribution >= 4 is 5.91 Å². The minimum absolute atomic E-state index is 0.367. The van der Waals surface area contributed by atoms with Gasteiger partial charge in [0.2, 0.25) is 5.91 Å². The van der Waals surface area contributed by atoms with Crippen LogP contribution in [-0.2, 0) is 4.79 Å². The zero-order valence-electron chi connectivity index (χ0n) is 32.1. The van der Waals surface area contributed by atoms with Crippen LogP contribution in [0.2, 0.25) is 0 Å². The van der Waals surface area contributed by atoms with Gasteiger partial charge in [-0.2, -0.15) is 0 Å². The first-order valence-electron chi connectivity index (χ1n) is 21.2. The predicted molar refractivity (Wildman–Crippen MR) is 208 cm³/mol. The normalized spacial score (nSPS) is 13.9. The molecule has 0 saturated carbocycles. The molecule has 0 rings (SSSR count). The van der Waals surface area contributed by atoms with E-state index in [0.717, 1.165) is 44.9 Å². The monoisotopic (exact) mass is 678 g/mol. The number of hydrogen-bond acceptors (Lipinski definition) is 4. The Balaban J connectivity index is 3.58. The summed E-state index contributed by atoms with van der Waals surface area (Å²) in [4.78, 5) is 12.4. The second-order valence-corrected chi connectivity index (χ2v) is 14.6. The third-order valence-electron chi connectivity index (χ3n) is 9.79. The Morgan fingerprint density at radius 3 is 1.27 bits per heavy atom. The number of aliphatic hydroxyl groups is 3.